The number of benzene rings is 2. The Hall–Kier alpha value is -4.35. The van der Waals surface area contributed by atoms with Crippen LogP contribution >= 0.6 is 0 Å². The summed E-state index contributed by atoms with van der Waals surface area (Å²) in [5.41, 5.74) is 5.13. The number of halogens is 4. The molecule has 2 unspecified atom stereocenters. The van der Waals surface area contributed by atoms with Crippen LogP contribution in [0.4, 0.5) is 29.3 Å². The van der Waals surface area contributed by atoms with Crippen LogP contribution in [0.25, 0.3) is 21.7 Å². The number of aromatic nitrogens is 2. The minimum atomic E-state index is -4.26. The van der Waals surface area contributed by atoms with Crippen LogP contribution in [-0.2, 0) is 6.54 Å². The van der Waals surface area contributed by atoms with Gasteiger partial charge < -0.3 is 25.1 Å². The second-order valence-electron chi connectivity index (χ2n) is 12.2. The molecule has 0 radical (unpaired) electrons. The quantitative estimate of drug-likeness (QED) is 0.292. The minimum Gasteiger partial charge on any atom is -0.456 e. The fourth-order valence-electron chi connectivity index (χ4n) is 6.99. The number of nitriles is 1. The third-order valence-corrected chi connectivity index (χ3v) is 9.10. The molecule has 0 amide bonds. The maximum absolute atomic E-state index is 14.6. The highest BCUT2D eigenvalue weighted by atomic mass is 19.4. The van der Waals surface area contributed by atoms with E-state index in [1.54, 1.807) is 12.1 Å². The van der Waals surface area contributed by atoms with Gasteiger partial charge in [0.05, 0.1) is 17.3 Å². The van der Waals surface area contributed by atoms with Crippen LogP contribution in [0.15, 0.2) is 39.5 Å². The number of rotatable bonds is 6. The number of hydrogen-bond donors (Lipinski definition) is 2. The van der Waals surface area contributed by atoms with Crippen molar-refractivity contribution in [1.29, 1.82) is 5.26 Å². The Balaban J connectivity index is 1.30. The van der Waals surface area contributed by atoms with E-state index in [4.69, 9.17) is 20.0 Å². The summed E-state index contributed by atoms with van der Waals surface area (Å²) in [7, 11) is 0. The predicted octanol–water partition coefficient (Wildman–Crippen LogP) is 4.74. The van der Waals surface area contributed by atoms with Crippen LogP contribution in [-0.4, -0.2) is 65.7 Å². The van der Waals surface area contributed by atoms with Crippen molar-refractivity contribution in [3.63, 3.8) is 0 Å². The highest BCUT2D eigenvalue weighted by Crippen LogP contribution is 2.40. The molecule has 10 nitrogen and oxygen atoms in total. The Kier molecular flexibility index (Phi) is 7.32. The monoisotopic (exact) mass is 625 g/mol. The smallest absolute Gasteiger partial charge is 0.401 e. The first-order chi connectivity index (χ1) is 21.6. The SMILES string of the molecule is N#Cc1c(N)oc2c(F)ccc(Oc3cccc4c(N5CC6CCC(C5)N6)nn(CC5CCN(CC(F)(F)F)CC5)c(=O)c34)c12. The van der Waals surface area contributed by atoms with E-state index in [0.29, 0.717) is 49.2 Å². The van der Waals surface area contributed by atoms with Crippen LogP contribution in [0.2, 0.25) is 0 Å². The molecule has 0 aliphatic carbocycles. The summed E-state index contributed by atoms with van der Waals surface area (Å²) in [5, 5.41) is 19.1. The normalized spacial score (nSPS) is 21.1. The molecule has 7 rings (SSSR count). The van der Waals surface area contributed by atoms with Crippen molar-refractivity contribution < 1.29 is 26.7 Å². The minimum absolute atomic E-state index is 0.0407. The molecule has 4 aromatic rings. The first kappa shape index (κ1) is 29.4. The molecule has 3 aliphatic rings. The molecule has 0 saturated carbocycles. The standard InChI is InChI=1S/C31H31F4N7O3/c32-22-6-7-24(25-21(12-36)28(37)45-27(22)25)44-23-3-1-2-20-26(23)30(43)42(13-17-8-10-40(11-9-17)16-31(33,34)35)39-29(20)41-14-18-4-5-19(15-41)38-18/h1-3,6-7,17-19,38H,4-5,8-11,13-16,37H2. The first-order valence-corrected chi connectivity index (χ1v) is 15.0. The number of nitrogens with zero attached hydrogens (tertiary/aromatic N) is 5. The molecule has 45 heavy (non-hydrogen) atoms. The summed E-state index contributed by atoms with van der Waals surface area (Å²) in [6, 6.07) is 10.2. The summed E-state index contributed by atoms with van der Waals surface area (Å²) in [6.45, 7) is 1.27. The zero-order valence-corrected chi connectivity index (χ0v) is 24.2. The largest absolute Gasteiger partial charge is 0.456 e. The lowest BCUT2D eigenvalue weighted by Crippen LogP contribution is -2.52. The van der Waals surface area contributed by atoms with Crippen molar-refractivity contribution in [2.75, 3.05) is 43.4 Å². The van der Waals surface area contributed by atoms with Gasteiger partial charge in [-0.3, -0.25) is 9.69 Å². The van der Waals surface area contributed by atoms with Gasteiger partial charge in [0.15, 0.2) is 17.2 Å². The number of nitrogens with two attached hydrogens (primary N) is 1. The second kappa shape index (κ2) is 11.2. The molecule has 2 atom stereocenters. The van der Waals surface area contributed by atoms with Gasteiger partial charge in [-0.25, -0.2) is 9.07 Å². The topological polar surface area (TPSA) is 126 Å². The van der Waals surface area contributed by atoms with Gasteiger partial charge in [0.25, 0.3) is 5.56 Å². The molecule has 2 bridgehead atoms. The van der Waals surface area contributed by atoms with Crippen LogP contribution in [0.3, 0.4) is 0 Å². The number of nitrogen functional groups attached to an aromatic ring is 1. The molecule has 14 heteroatoms. The fraction of sp³-hybridized carbons (Fsp3) is 0.452. The molecule has 5 heterocycles. The van der Waals surface area contributed by atoms with Gasteiger partial charge >= 0.3 is 6.18 Å². The van der Waals surface area contributed by atoms with Crippen LogP contribution < -0.4 is 26.2 Å². The molecule has 3 saturated heterocycles. The molecule has 2 aromatic heterocycles. The first-order valence-electron chi connectivity index (χ1n) is 15.0. The van der Waals surface area contributed by atoms with Gasteiger partial charge in [0.1, 0.15) is 23.1 Å². The van der Waals surface area contributed by atoms with Gasteiger partial charge in [0.2, 0.25) is 5.88 Å². The van der Waals surface area contributed by atoms with E-state index in [1.165, 1.54) is 15.6 Å². The van der Waals surface area contributed by atoms with E-state index in [9.17, 15) is 27.6 Å². The summed E-state index contributed by atoms with van der Waals surface area (Å²) in [4.78, 5) is 17.7. The average Bonchev–Trinajstić information content (AvgIpc) is 3.53. The summed E-state index contributed by atoms with van der Waals surface area (Å²) in [5.74, 6) is -0.101. The lowest BCUT2D eigenvalue weighted by molar-refractivity contribution is -0.148. The molecule has 3 aliphatic heterocycles. The molecular formula is C31H31F4N7O3. The van der Waals surface area contributed by atoms with E-state index in [0.717, 1.165) is 18.9 Å². The maximum Gasteiger partial charge on any atom is 0.401 e. The van der Waals surface area contributed by atoms with Gasteiger partial charge in [-0.05, 0) is 62.9 Å². The Morgan fingerprint density at radius 1 is 1.07 bits per heavy atom. The lowest BCUT2D eigenvalue weighted by Gasteiger charge is -2.35. The fourth-order valence-corrected chi connectivity index (χ4v) is 6.99. The Bertz CT molecular complexity index is 1860. The number of anilines is 2. The molecule has 2 aromatic carbocycles. The molecule has 0 spiro atoms. The number of nitrogens with one attached hydrogen (secondary N) is 1. The number of piperazine rings is 1. The Morgan fingerprint density at radius 3 is 2.47 bits per heavy atom. The van der Waals surface area contributed by atoms with Gasteiger partial charge in [-0.1, -0.05) is 12.1 Å². The average molecular weight is 626 g/mol. The zero-order chi connectivity index (χ0) is 31.5. The summed E-state index contributed by atoms with van der Waals surface area (Å²) in [6.07, 6.45) is -1.18. The van der Waals surface area contributed by atoms with Crippen LogP contribution in [0.5, 0.6) is 11.5 Å². The highest BCUT2D eigenvalue weighted by molar-refractivity contribution is 5.97. The Labute approximate surface area is 254 Å². The van der Waals surface area contributed by atoms with Crippen molar-refractivity contribution in [1.82, 2.24) is 20.0 Å². The highest BCUT2D eigenvalue weighted by Gasteiger charge is 2.35. The number of piperidine rings is 1. The predicted molar refractivity (Wildman–Crippen MR) is 159 cm³/mol. The summed E-state index contributed by atoms with van der Waals surface area (Å²) < 4.78 is 66.5. The second-order valence-corrected chi connectivity index (χ2v) is 12.2. The summed E-state index contributed by atoms with van der Waals surface area (Å²) >= 11 is 0. The van der Waals surface area contributed by atoms with Crippen LogP contribution in [0, 0.1) is 23.1 Å². The third-order valence-electron chi connectivity index (χ3n) is 9.10. The number of hydrogen-bond acceptors (Lipinski definition) is 9. The number of ether oxygens (including phenoxy) is 1. The lowest BCUT2D eigenvalue weighted by atomic mass is 9.96. The van der Waals surface area contributed by atoms with Crippen molar-refractivity contribution in [2.45, 2.75) is 50.5 Å². The third kappa shape index (κ3) is 5.55. The van der Waals surface area contributed by atoms with E-state index in [2.05, 4.69) is 10.2 Å². The molecule has 236 valence electrons. The molecule has 3 N–H and O–H groups in total. The van der Waals surface area contributed by atoms with Crippen molar-refractivity contribution >= 4 is 33.4 Å². The molecular weight excluding hydrogens is 594 g/mol. The van der Waals surface area contributed by atoms with Gasteiger partial charge in [-0.15, -0.1) is 0 Å². The zero-order valence-electron chi connectivity index (χ0n) is 24.2. The molecule has 3 fully saturated rings. The van der Waals surface area contributed by atoms with Gasteiger partial charge in [-0.2, -0.15) is 23.5 Å². The van der Waals surface area contributed by atoms with Crippen molar-refractivity contribution in [3.05, 3.63) is 52.1 Å². The number of fused-ring (bicyclic) bond motifs is 4. The van der Waals surface area contributed by atoms with Crippen molar-refractivity contribution in [3.8, 4) is 17.6 Å². The number of furan rings is 1. The Morgan fingerprint density at radius 2 is 1.78 bits per heavy atom. The maximum atomic E-state index is 14.6. The van der Waals surface area contributed by atoms with E-state index < -0.39 is 24.1 Å². The van der Waals surface area contributed by atoms with E-state index in [-0.39, 0.29) is 64.9 Å². The van der Waals surface area contributed by atoms with Gasteiger partial charge in [0, 0.05) is 37.1 Å². The number of alkyl halides is 3. The van der Waals surface area contributed by atoms with Crippen molar-refractivity contribution in [2.24, 2.45) is 5.92 Å². The van der Waals surface area contributed by atoms with E-state index in [1.807, 2.05) is 12.1 Å². The number of likely N-dealkylation sites (tertiary alicyclic amines) is 1. The van der Waals surface area contributed by atoms with E-state index >= 15 is 0 Å². The van der Waals surface area contributed by atoms with Crippen LogP contribution in [0.1, 0.15) is 31.2 Å².